The van der Waals surface area contributed by atoms with Crippen LogP contribution in [0.25, 0.3) is 6.08 Å². The minimum absolute atomic E-state index is 0.164. The average Bonchev–Trinajstić information content (AvgIpc) is 3.16. The Labute approximate surface area is 151 Å². The number of amides is 2. The van der Waals surface area contributed by atoms with Gasteiger partial charge in [-0.15, -0.1) is 11.3 Å². The van der Waals surface area contributed by atoms with Gasteiger partial charge < -0.3 is 4.74 Å². The second kappa shape index (κ2) is 9.64. The molecule has 0 spiro atoms. The highest BCUT2D eigenvalue weighted by molar-refractivity contribution is 7.10. The summed E-state index contributed by atoms with van der Waals surface area (Å²) in [5.74, 6) is 0.218. The van der Waals surface area contributed by atoms with Crippen molar-refractivity contribution >= 4 is 29.2 Å². The number of rotatable bonds is 7. The highest BCUT2D eigenvalue weighted by atomic mass is 32.1. The van der Waals surface area contributed by atoms with Crippen LogP contribution in [0.3, 0.4) is 0 Å². The molecule has 2 aromatic rings. The lowest BCUT2D eigenvalue weighted by Crippen LogP contribution is -2.43. The van der Waals surface area contributed by atoms with Crippen LogP contribution in [-0.2, 0) is 9.59 Å². The van der Waals surface area contributed by atoms with Gasteiger partial charge in [0.05, 0.1) is 0 Å². The van der Waals surface area contributed by atoms with Gasteiger partial charge in [0.15, 0.2) is 6.61 Å². The van der Waals surface area contributed by atoms with E-state index < -0.39 is 11.8 Å². The molecule has 132 valence electrons. The molecule has 1 aromatic carbocycles. The maximum Gasteiger partial charge on any atom is 0.276 e. The van der Waals surface area contributed by atoms with Gasteiger partial charge in [-0.1, -0.05) is 38.1 Å². The molecule has 1 atom stereocenters. The van der Waals surface area contributed by atoms with E-state index in [-0.39, 0.29) is 6.61 Å². The third-order valence-electron chi connectivity index (χ3n) is 3.69. The number of ether oxygens (including phenoxy) is 1. The lowest BCUT2D eigenvalue weighted by molar-refractivity contribution is -0.128. The normalized spacial score (nSPS) is 11.9. The Morgan fingerprint density at radius 2 is 2.00 bits per heavy atom. The van der Waals surface area contributed by atoms with Gasteiger partial charge in [-0.3, -0.25) is 20.4 Å². The van der Waals surface area contributed by atoms with E-state index in [9.17, 15) is 9.59 Å². The zero-order valence-electron chi connectivity index (χ0n) is 14.3. The van der Waals surface area contributed by atoms with Gasteiger partial charge in [0.1, 0.15) is 5.75 Å². The fourth-order valence-electron chi connectivity index (χ4n) is 2.14. The summed E-state index contributed by atoms with van der Waals surface area (Å²) >= 11 is 1.53. The van der Waals surface area contributed by atoms with Crippen LogP contribution >= 0.6 is 11.3 Å². The number of thiophene rings is 1. The topological polar surface area (TPSA) is 67.4 Å². The quantitative estimate of drug-likeness (QED) is 0.588. The molecule has 0 aliphatic carbocycles. The molecule has 0 aliphatic heterocycles. The first-order valence-electron chi connectivity index (χ1n) is 8.12. The fraction of sp³-hybridized carbons (Fsp3) is 0.263. The van der Waals surface area contributed by atoms with E-state index in [1.165, 1.54) is 17.4 Å². The molecule has 2 rings (SSSR count). The van der Waals surface area contributed by atoms with Crippen molar-refractivity contribution < 1.29 is 14.3 Å². The Balaban J connectivity index is 1.78. The summed E-state index contributed by atoms with van der Waals surface area (Å²) in [4.78, 5) is 24.4. The van der Waals surface area contributed by atoms with Gasteiger partial charge in [-0.25, -0.2) is 0 Å². The number of benzene rings is 1. The molecule has 0 bridgehead atoms. The van der Waals surface area contributed by atoms with Crippen LogP contribution in [0.4, 0.5) is 0 Å². The molecule has 5 nitrogen and oxygen atoms in total. The zero-order chi connectivity index (χ0) is 18.1. The largest absolute Gasteiger partial charge is 0.483 e. The smallest absolute Gasteiger partial charge is 0.276 e. The lowest BCUT2D eigenvalue weighted by Gasteiger charge is -2.15. The molecule has 0 saturated carbocycles. The number of hydrazine groups is 1. The minimum Gasteiger partial charge on any atom is -0.483 e. The van der Waals surface area contributed by atoms with Gasteiger partial charge in [-0.2, -0.15) is 0 Å². The number of hydrogen-bond acceptors (Lipinski definition) is 4. The van der Waals surface area contributed by atoms with Gasteiger partial charge >= 0.3 is 0 Å². The molecule has 25 heavy (non-hydrogen) atoms. The highest BCUT2D eigenvalue weighted by Crippen LogP contribution is 2.28. The van der Waals surface area contributed by atoms with Crippen molar-refractivity contribution in [2.24, 2.45) is 0 Å². The second-order valence-corrected chi connectivity index (χ2v) is 6.50. The van der Waals surface area contributed by atoms with Crippen molar-refractivity contribution in [2.45, 2.75) is 26.2 Å². The van der Waals surface area contributed by atoms with E-state index in [4.69, 9.17) is 4.74 Å². The van der Waals surface area contributed by atoms with E-state index in [2.05, 4.69) is 24.7 Å². The summed E-state index contributed by atoms with van der Waals surface area (Å²) in [6.45, 7) is 4.05. The molecule has 0 aliphatic rings. The number of carbonyl (C=O) groups excluding carboxylic acids is 2. The van der Waals surface area contributed by atoms with Gasteiger partial charge in [0.25, 0.3) is 11.8 Å². The zero-order valence-corrected chi connectivity index (χ0v) is 15.1. The van der Waals surface area contributed by atoms with Crippen molar-refractivity contribution in [3.05, 3.63) is 58.3 Å². The third kappa shape index (κ3) is 6.08. The van der Waals surface area contributed by atoms with E-state index in [1.54, 1.807) is 6.08 Å². The van der Waals surface area contributed by atoms with Crippen molar-refractivity contribution in [1.82, 2.24) is 10.9 Å². The van der Waals surface area contributed by atoms with Crippen molar-refractivity contribution in [2.75, 3.05) is 6.61 Å². The summed E-state index contributed by atoms with van der Waals surface area (Å²) in [6.07, 6.45) is 4.04. The summed E-state index contributed by atoms with van der Waals surface area (Å²) < 4.78 is 5.59. The maximum atomic E-state index is 11.8. The van der Waals surface area contributed by atoms with Crippen molar-refractivity contribution in [1.29, 1.82) is 0 Å². The molecule has 0 fully saturated rings. The van der Waals surface area contributed by atoms with Gasteiger partial charge in [-0.05, 0) is 41.5 Å². The van der Waals surface area contributed by atoms with Crippen LogP contribution in [0.15, 0.2) is 47.9 Å². The summed E-state index contributed by atoms with van der Waals surface area (Å²) in [6, 6.07) is 11.5. The van der Waals surface area contributed by atoms with Crippen LogP contribution in [0, 0.1) is 0 Å². The van der Waals surface area contributed by atoms with E-state index in [1.807, 2.05) is 41.8 Å². The number of hydrogen-bond donors (Lipinski definition) is 2. The number of nitrogens with one attached hydrogen (secondary N) is 2. The first kappa shape index (κ1) is 18.7. The number of para-hydroxylation sites is 1. The Morgan fingerprint density at radius 3 is 2.72 bits per heavy atom. The van der Waals surface area contributed by atoms with Gasteiger partial charge in [0.2, 0.25) is 0 Å². The molecular weight excluding hydrogens is 336 g/mol. The highest BCUT2D eigenvalue weighted by Gasteiger charge is 2.11. The Morgan fingerprint density at radius 1 is 1.20 bits per heavy atom. The monoisotopic (exact) mass is 358 g/mol. The molecular formula is C19H22N2O3S. The standard InChI is InChI=1S/C19H22N2O3S/c1-3-14(2)16-8-4-5-9-17(16)24-13-19(23)21-20-18(22)11-10-15-7-6-12-25-15/h4-12,14H,3,13H2,1-2H3,(H,20,22)(H,21,23). The molecule has 1 aromatic heterocycles. The van der Waals surface area contributed by atoms with Crippen LogP contribution < -0.4 is 15.6 Å². The van der Waals surface area contributed by atoms with E-state index in [0.717, 1.165) is 16.9 Å². The predicted molar refractivity (Wildman–Crippen MR) is 100 cm³/mol. The summed E-state index contributed by atoms with van der Waals surface area (Å²) in [5.41, 5.74) is 5.73. The third-order valence-corrected chi connectivity index (χ3v) is 4.53. The van der Waals surface area contributed by atoms with Crippen LogP contribution in [0.1, 0.15) is 36.6 Å². The number of carbonyl (C=O) groups is 2. The Bertz CT molecular complexity index is 726. The molecule has 1 heterocycles. The maximum absolute atomic E-state index is 11.8. The molecule has 2 amide bonds. The van der Waals surface area contributed by atoms with Crippen molar-refractivity contribution in [3.63, 3.8) is 0 Å². The van der Waals surface area contributed by atoms with Gasteiger partial charge in [0, 0.05) is 11.0 Å². The molecule has 6 heteroatoms. The summed E-state index contributed by atoms with van der Waals surface area (Å²) in [5, 5.41) is 1.92. The molecule has 0 radical (unpaired) electrons. The van der Waals surface area contributed by atoms with Crippen LogP contribution in [0.2, 0.25) is 0 Å². The lowest BCUT2D eigenvalue weighted by atomic mass is 9.98. The average molecular weight is 358 g/mol. The van der Waals surface area contributed by atoms with Crippen LogP contribution in [-0.4, -0.2) is 18.4 Å². The molecule has 0 saturated heterocycles. The van der Waals surface area contributed by atoms with Crippen molar-refractivity contribution in [3.8, 4) is 5.75 Å². The van der Waals surface area contributed by atoms with E-state index >= 15 is 0 Å². The summed E-state index contributed by atoms with van der Waals surface area (Å²) in [7, 11) is 0. The molecule has 2 N–H and O–H groups in total. The Kier molecular flexibility index (Phi) is 7.22. The second-order valence-electron chi connectivity index (χ2n) is 5.52. The minimum atomic E-state index is -0.420. The molecule has 1 unspecified atom stereocenters. The first-order chi connectivity index (χ1) is 12.1. The SMILES string of the molecule is CCC(C)c1ccccc1OCC(=O)NNC(=O)C=Cc1cccs1. The van der Waals surface area contributed by atoms with E-state index in [0.29, 0.717) is 11.7 Å². The Hall–Kier alpha value is -2.60. The van der Waals surface area contributed by atoms with Crippen LogP contribution in [0.5, 0.6) is 5.75 Å². The fourth-order valence-corrected chi connectivity index (χ4v) is 2.75. The predicted octanol–water partition coefficient (Wildman–Crippen LogP) is 3.50. The first-order valence-corrected chi connectivity index (χ1v) is 9.00.